The molecule has 13 N–H and O–H groups in total. The number of H-pyrrole nitrogens is 2. The number of amides is 5. The SMILES string of the molecule is CC(C)C[C@H](NC(=O)[C@H](Cc1cnc[nH]1)NC(=O)[C@H](Cc1ccccc1)NC(=O)[C@H](Cc1cnc[nH]1)NC(=O)[C@@H](N)CCCN=C(N)N)C(=O)N1CCC[C@H]1C(=O)O. The number of benzene rings is 1. The Morgan fingerprint density at radius 3 is 1.86 bits per heavy atom. The van der Waals surface area contributed by atoms with Gasteiger partial charge in [0.05, 0.1) is 18.7 Å². The molecule has 1 fully saturated rings. The maximum atomic E-state index is 14.3. The van der Waals surface area contributed by atoms with Crippen LogP contribution in [0.25, 0.3) is 0 Å². The molecule has 0 spiro atoms. The van der Waals surface area contributed by atoms with Gasteiger partial charge >= 0.3 is 5.97 Å². The van der Waals surface area contributed by atoms with Crippen molar-refractivity contribution in [3.8, 4) is 0 Å². The molecule has 3 heterocycles. The fourth-order valence-corrected chi connectivity index (χ4v) is 6.64. The van der Waals surface area contributed by atoms with Crippen LogP contribution in [0.4, 0.5) is 0 Å². The van der Waals surface area contributed by atoms with E-state index in [0.717, 1.165) is 0 Å². The number of guanidine groups is 1. The highest BCUT2D eigenvalue weighted by Gasteiger charge is 2.39. The summed E-state index contributed by atoms with van der Waals surface area (Å²) in [6.45, 7) is 4.24. The summed E-state index contributed by atoms with van der Waals surface area (Å²) in [5, 5.41) is 20.8. The number of aliphatic imine (C=N–C) groups is 1. The zero-order valence-electron chi connectivity index (χ0n) is 32.7. The Balaban J connectivity index is 1.57. The number of likely N-dealkylation sites (tertiary alicyclic amines) is 1. The largest absolute Gasteiger partial charge is 0.480 e. The zero-order valence-corrected chi connectivity index (χ0v) is 32.7. The molecule has 2 aromatic heterocycles. The number of aromatic nitrogens is 4. The molecule has 20 nitrogen and oxygen atoms in total. The standard InChI is InChI=1S/C38H55N13O7/c1-22(2)14-30(36(56)51-13-7-11-31(51)37(57)58)50-35(55)29(17-25-19-43-21-46-25)49-33(53)27(15-23-8-4-3-5-9-23)48-34(54)28(16-24-18-42-20-45-24)47-32(52)26(39)10-6-12-44-38(40)41/h3-5,8-9,18-22,26-31H,6-7,10-17,39H2,1-2H3,(H,42,45)(H,43,46)(H,47,52)(H,48,54)(H,49,53)(H,50,55)(H,57,58)(H4,40,41,44)/t26-,27-,28-,29-,30-,31-/m0/s1. The van der Waals surface area contributed by atoms with Crippen LogP contribution in [0.1, 0.15) is 62.9 Å². The number of hydrogen-bond donors (Lipinski definition) is 10. The molecule has 5 amide bonds. The monoisotopic (exact) mass is 805 g/mol. The van der Waals surface area contributed by atoms with Crippen molar-refractivity contribution in [2.24, 2.45) is 28.1 Å². The van der Waals surface area contributed by atoms with E-state index in [9.17, 15) is 33.9 Å². The van der Waals surface area contributed by atoms with E-state index in [0.29, 0.717) is 36.2 Å². The molecule has 0 bridgehead atoms. The Bertz CT molecular complexity index is 1830. The van der Waals surface area contributed by atoms with E-state index in [1.54, 1.807) is 30.3 Å². The van der Waals surface area contributed by atoms with Crippen LogP contribution in [-0.4, -0.2) is 121 Å². The number of imidazole rings is 2. The topological polar surface area (TPSA) is 322 Å². The first kappa shape index (κ1) is 44.4. The number of carbonyl (C=O) groups excluding carboxylic acids is 5. The smallest absolute Gasteiger partial charge is 0.326 e. The van der Waals surface area contributed by atoms with Crippen molar-refractivity contribution >= 4 is 41.5 Å². The summed E-state index contributed by atoms with van der Waals surface area (Å²) < 4.78 is 0. The van der Waals surface area contributed by atoms with E-state index in [2.05, 4.69) is 46.2 Å². The molecule has 1 aromatic carbocycles. The molecule has 1 aliphatic rings. The number of rotatable bonds is 22. The minimum Gasteiger partial charge on any atom is -0.480 e. The quantitative estimate of drug-likeness (QED) is 0.0319. The molecule has 0 saturated carbocycles. The van der Waals surface area contributed by atoms with Gasteiger partial charge < -0.3 is 58.4 Å². The van der Waals surface area contributed by atoms with Gasteiger partial charge in [0.15, 0.2) is 5.96 Å². The highest BCUT2D eigenvalue weighted by atomic mass is 16.4. The second-order valence-corrected chi connectivity index (χ2v) is 14.7. The van der Waals surface area contributed by atoms with E-state index >= 15 is 0 Å². The highest BCUT2D eigenvalue weighted by Crippen LogP contribution is 2.21. The minimum atomic E-state index is -1.27. The first-order valence-electron chi connectivity index (χ1n) is 19.3. The Morgan fingerprint density at radius 1 is 0.828 bits per heavy atom. The molecule has 1 saturated heterocycles. The lowest BCUT2D eigenvalue weighted by atomic mass is 10.0. The summed E-state index contributed by atoms with van der Waals surface area (Å²) in [6.07, 6.45) is 7.41. The molecule has 58 heavy (non-hydrogen) atoms. The van der Waals surface area contributed by atoms with Crippen LogP contribution < -0.4 is 38.5 Å². The van der Waals surface area contributed by atoms with Gasteiger partial charge in [-0.1, -0.05) is 44.2 Å². The summed E-state index contributed by atoms with van der Waals surface area (Å²) >= 11 is 0. The van der Waals surface area contributed by atoms with Gasteiger partial charge in [0.2, 0.25) is 29.5 Å². The number of hydrogen-bond acceptors (Lipinski definition) is 10. The maximum absolute atomic E-state index is 14.3. The van der Waals surface area contributed by atoms with Crippen molar-refractivity contribution in [1.82, 2.24) is 46.1 Å². The van der Waals surface area contributed by atoms with Gasteiger partial charge in [0, 0.05) is 56.1 Å². The zero-order chi connectivity index (χ0) is 42.2. The second kappa shape index (κ2) is 21.8. The van der Waals surface area contributed by atoms with Gasteiger partial charge in [-0.25, -0.2) is 14.8 Å². The van der Waals surface area contributed by atoms with Crippen molar-refractivity contribution in [3.05, 3.63) is 72.3 Å². The van der Waals surface area contributed by atoms with Gasteiger partial charge in [-0.15, -0.1) is 0 Å². The maximum Gasteiger partial charge on any atom is 0.326 e. The van der Waals surface area contributed by atoms with Crippen molar-refractivity contribution < 1.29 is 33.9 Å². The fraction of sp³-hybridized carbons (Fsp3) is 0.500. The fourth-order valence-electron chi connectivity index (χ4n) is 6.64. The highest BCUT2D eigenvalue weighted by molar-refractivity contribution is 5.96. The predicted octanol–water partition coefficient (Wildman–Crippen LogP) is -1.40. The van der Waals surface area contributed by atoms with E-state index in [4.69, 9.17) is 17.2 Å². The molecule has 20 heteroatoms. The lowest BCUT2D eigenvalue weighted by molar-refractivity contribution is -0.149. The van der Waals surface area contributed by atoms with Gasteiger partial charge in [-0.2, -0.15) is 0 Å². The Morgan fingerprint density at radius 2 is 1.36 bits per heavy atom. The molecule has 6 atom stereocenters. The van der Waals surface area contributed by atoms with Crippen LogP contribution in [0.2, 0.25) is 0 Å². The van der Waals surface area contributed by atoms with Crippen LogP contribution in [0.5, 0.6) is 0 Å². The first-order valence-corrected chi connectivity index (χ1v) is 19.3. The van der Waals surface area contributed by atoms with Gasteiger partial charge in [0.1, 0.15) is 30.2 Å². The Labute approximate surface area is 336 Å². The molecule has 3 aromatic rings. The summed E-state index contributed by atoms with van der Waals surface area (Å²) in [7, 11) is 0. The van der Waals surface area contributed by atoms with E-state index in [-0.39, 0.29) is 57.1 Å². The molecular weight excluding hydrogens is 751 g/mol. The minimum absolute atomic E-state index is 0.00579. The number of carboxylic acid groups (broad SMARTS) is 1. The third kappa shape index (κ3) is 13.7. The molecule has 1 aliphatic heterocycles. The van der Waals surface area contributed by atoms with Crippen LogP contribution in [0.15, 0.2) is 60.4 Å². The van der Waals surface area contributed by atoms with Crippen LogP contribution >= 0.6 is 0 Å². The average Bonchev–Trinajstić information content (AvgIpc) is 3.99. The average molecular weight is 806 g/mol. The second-order valence-electron chi connectivity index (χ2n) is 14.7. The molecule has 0 radical (unpaired) electrons. The normalized spacial score (nSPS) is 16.3. The number of aromatic amines is 2. The van der Waals surface area contributed by atoms with Gasteiger partial charge in [-0.05, 0) is 43.6 Å². The molecule has 4 rings (SSSR count). The van der Waals surface area contributed by atoms with Crippen molar-refractivity contribution in [1.29, 1.82) is 0 Å². The third-order valence-electron chi connectivity index (χ3n) is 9.59. The molecule has 0 unspecified atom stereocenters. The lowest BCUT2D eigenvalue weighted by Crippen LogP contribution is -2.60. The molecule has 314 valence electrons. The van der Waals surface area contributed by atoms with Gasteiger partial charge in [-0.3, -0.25) is 29.0 Å². The number of nitrogens with two attached hydrogens (primary N) is 3. The summed E-state index contributed by atoms with van der Waals surface area (Å²) in [5.41, 5.74) is 18.6. The van der Waals surface area contributed by atoms with Crippen molar-refractivity contribution in [3.63, 3.8) is 0 Å². The summed E-state index contributed by atoms with van der Waals surface area (Å²) in [5.74, 6) is -4.53. The number of carbonyl (C=O) groups is 6. The van der Waals surface area contributed by atoms with Crippen LogP contribution in [0.3, 0.4) is 0 Å². The van der Waals surface area contributed by atoms with E-state index in [1.165, 1.54) is 29.9 Å². The summed E-state index contributed by atoms with van der Waals surface area (Å²) in [6, 6.07) is 2.11. The van der Waals surface area contributed by atoms with Crippen molar-refractivity contribution in [2.45, 2.75) is 101 Å². The molecule has 0 aliphatic carbocycles. The predicted molar refractivity (Wildman–Crippen MR) is 212 cm³/mol. The van der Waals surface area contributed by atoms with Crippen LogP contribution in [0, 0.1) is 5.92 Å². The number of aliphatic carboxylic acids is 1. The van der Waals surface area contributed by atoms with Crippen molar-refractivity contribution in [2.75, 3.05) is 13.1 Å². The summed E-state index contributed by atoms with van der Waals surface area (Å²) in [4.78, 5) is 100. The first-order chi connectivity index (χ1) is 27.7. The number of nitrogens with one attached hydrogen (secondary N) is 6. The Kier molecular flexibility index (Phi) is 16.7. The molecular formula is C38H55N13O7. The lowest BCUT2D eigenvalue weighted by Gasteiger charge is -2.30. The Hall–Kier alpha value is -6.31. The van der Waals surface area contributed by atoms with Crippen LogP contribution in [-0.2, 0) is 48.0 Å². The van der Waals surface area contributed by atoms with Gasteiger partial charge in [0.25, 0.3) is 0 Å². The van der Waals surface area contributed by atoms with E-state index in [1.807, 2.05) is 13.8 Å². The third-order valence-corrected chi connectivity index (χ3v) is 9.59. The van der Waals surface area contributed by atoms with E-state index < -0.39 is 71.8 Å². The number of carboxylic acids is 1. The number of nitrogens with zero attached hydrogens (tertiary/aromatic N) is 4.